The van der Waals surface area contributed by atoms with Crippen molar-refractivity contribution >= 4 is 11.5 Å². The predicted molar refractivity (Wildman–Crippen MR) is 65.4 cm³/mol. The van der Waals surface area contributed by atoms with Crippen LogP contribution < -0.4 is 4.90 Å². The van der Waals surface area contributed by atoms with E-state index < -0.39 is 5.82 Å². The van der Waals surface area contributed by atoms with Gasteiger partial charge < -0.3 is 14.7 Å². The zero-order valence-electron chi connectivity index (χ0n) is 10.2. The van der Waals surface area contributed by atoms with Crippen molar-refractivity contribution in [3.8, 4) is 0 Å². The molecular formula is C13H16FNO3. The van der Waals surface area contributed by atoms with Crippen LogP contribution in [0.3, 0.4) is 0 Å². The zero-order chi connectivity index (χ0) is 13.1. The average molecular weight is 253 g/mol. The van der Waals surface area contributed by atoms with Crippen molar-refractivity contribution in [3.63, 3.8) is 0 Å². The van der Waals surface area contributed by atoms with E-state index in [1.165, 1.54) is 13.0 Å². The Kier molecular flexibility index (Phi) is 3.93. The van der Waals surface area contributed by atoms with E-state index in [-0.39, 0.29) is 18.5 Å². The van der Waals surface area contributed by atoms with Crippen molar-refractivity contribution in [1.82, 2.24) is 0 Å². The van der Waals surface area contributed by atoms with Crippen molar-refractivity contribution in [1.29, 1.82) is 0 Å². The summed E-state index contributed by atoms with van der Waals surface area (Å²) in [5.41, 5.74) is 0.810. The summed E-state index contributed by atoms with van der Waals surface area (Å²) in [7, 11) is 0. The SMILES string of the molecule is CC(=O)c1ccc(N2CCOC(CO)C2)c(F)c1. The van der Waals surface area contributed by atoms with E-state index in [2.05, 4.69) is 0 Å². The van der Waals surface area contributed by atoms with Crippen LogP contribution >= 0.6 is 0 Å². The van der Waals surface area contributed by atoms with Gasteiger partial charge in [0.25, 0.3) is 0 Å². The molecule has 1 aromatic carbocycles. The molecule has 4 nitrogen and oxygen atoms in total. The number of ketones is 1. The first-order chi connectivity index (χ1) is 8.61. The van der Waals surface area contributed by atoms with Crippen LogP contribution in [-0.2, 0) is 4.74 Å². The Morgan fingerprint density at radius 1 is 1.61 bits per heavy atom. The highest BCUT2D eigenvalue weighted by molar-refractivity contribution is 5.94. The molecule has 0 radical (unpaired) electrons. The van der Waals surface area contributed by atoms with Gasteiger partial charge in [0.1, 0.15) is 5.82 Å². The molecule has 98 valence electrons. The highest BCUT2D eigenvalue weighted by Gasteiger charge is 2.22. The number of carbonyl (C=O) groups excluding carboxylic acids is 1. The number of hydrogen-bond donors (Lipinski definition) is 1. The minimum atomic E-state index is -0.415. The van der Waals surface area contributed by atoms with Gasteiger partial charge in [-0.1, -0.05) is 0 Å². The Morgan fingerprint density at radius 3 is 3.00 bits per heavy atom. The first kappa shape index (κ1) is 13.0. The summed E-state index contributed by atoms with van der Waals surface area (Å²) in [6.45, 7) is 2.81. The summed E-state index contributed by atoms with van der Waals surface area (Å²) in [6.07, 6.45) is -0.286. The van der Waals surface area contributed by atoms with Crippen LogP contribution in [0.4, 0.5) is 10.1 Å². The lowest BCUT2D eigenvalue weighted by Crippen LogP contribution is -2.44. The van der Waals surface area contributed by atoms with Gasteiger partial charge in [0, 0.05) is 18.7 Å². The number of benzene rings is 1. The second-order valence-electron chi connectivity index (χ2n) is 4.34. The maximum Gasteiger partial charge on any atom is 0.159 e. The zero-order valence-corrected chi connectivity index (χ0v) is 10.2. The molecule has 5 heteroatoms. The van der Waals surface area contributed by atoms with E-state index in [1.807, 2.05) is 4.90 Å². The second-order valence-corrected chi connectivity index (χ2v) is 4.34. The normalized spacial score (nSPS) is 19.9. The lowest BCUT2D eigenvalue weighted by molar-refractivity contribution is 0.00340. The number of aliphatic hydroxyl groups is 1. The highest BCUT2D eigenvalue weighted by atomic mass is 19.1. The van der Waals surface area contributed by atoms with E-state index in [0.717, 1.165) is 0 Å². The quantitative estimate of drug-likeness (QED) is 0.823. The van der Waals surface area contributed by atoms with Crippen molar-refractivity contribution in [2.24, 2.45) is 0 Å². The van der Waals surface area contributed by atoms with Gasteiger partial charge in [0.15, 0.2) is 5.78 Å². The number of morpholine rings is 1. The Labute approximate surface area is 105 Å². The predicted octanol–water partition coefficient (Wildman–Crippen LogP) is 1.23. The summed E-state index contributed by atoms with van der Waals surface area (Å²) in [5.74, 6) is -0.572. The minimum Gasteiger partial charge on any atom is -0.394 e. The summed E-state index contributed by atoms with van der Waals surface area (Å²) < 4.78 is 19.2. The third-order valence-corrected chi connectivity index (χ3v) is 3.04. The second kappa shape index (κ2) is 5.46. The first-order valence-electron chi connectivity index (χ1n) is 5.89. The van der Waals surface area contributed by atoms with Gasteiger partial charge >= 0.3 is 0 Å². The summed E-state index contributed by atoms with van der Waals surface area (Å²) in [5, 5.41) is 9.05. The fourth-order valence-electron chi connectivity index (χ4n) is 2.03. The van der Waals surface area contributed by atoms with Gasteiger partial charge in [-0.05, 0) is 25.1 Å². The lowest BCUT2D eigenvalue weighted by Gasteiger charge is -2.33. The molecule has 0 saturated carbocycles. The number of rotatable bonds is 3. The molecule has 0 amide bonds. The number of ether oxygens (including phenoxy) is 1. The fourth-order valence-corrected chi connectivity index (χ4v) is 2.03. The first-order valence-corrected chi connectivity index (χ1v) is 5.89. The Hall–Kier alpha value is -1.46. The molecule has 18 heavy (non-hydrogen) atoms. The van der Waals surface area contributed by atoms with Gasteiger partial charge in [0.05, 0.1) is 25.0 Å². The van der Waals surface area contributed by atoms with Gasteiger partial charge in [-0.15, -0.1) is 0 Å². The fraction of sp³-hybridized carbons (Fsp3) is 0.462. The molecule has 1 aromatic rings. The van der Waals surface area contributed by atoms with Crippen LogP contribution in [0.5, 0.6) is 0 Å². The molecule has 2 rings (SSSR count). The number of hydrogen-bond acceptors (Lipinski definition) is 4. The molecular weight excluding hydrogens is 237 g/mol. The van der Waals surface area contributed by atoms with Crippen molar-refractivity contribution in [2.45, 2.75) is 13.0 Å². The van der Waals surface area contributed by atoms with Gasteiger partial charge in [-0.25, -0.2) is 4.39 Å². The van der Waals surface area contributed by atoms with Gasteiger partial charge in [0.2, 0.25) is 0 Å². The Bertz CT molecular complexity index is 450. The number of Topliss-reactive ketones (excluding diaryl/α,β-unsaturated/α-hetero) is 1. The number of halogens is 1. The van der Waals surface area contributed by atoms with E-state index in [1.54, 1.807) is 12.1 Å². The number of aliphatic hydroxyl groups excluding tert-OH is 1. The van der Waals surface area contributed by atoms with E-state index in [9.17, 15) is 9.18 Å². The molecule has 1 atom stereocenters. The summed E-state index contributed by atoms with van der Waals surface area (Å²) >= 11 is 0. The topological polar surface area (TPSA) is 49.8 Å². The molecule has 0 aromatic heterocycles. The molecule has 0 spiro atoms. The third-order valence-electron chi connectivity index (χ3n) is 3.04. The molecule has 1 N–H and O–H groups in total. The summed E-state index contributed by atoms with van der Waals surface area (Å²) in [4.78, 5) is 13.0. The Balaban J connectivity index is 2.20. The molecule has 0 aliphatic carbocycles. The minimum absolute atomic E-state index is 0.0797. The number of anilines is 1. The molecule has 1 unspecified atom stereocenters. The molecule has 1 heterocycles. The van der Waals surface area contributed by atoms with E-state index in [4.69, 9.17) is 9.84 Å². The lowest BCUT2D eigenvalue weighted by atomic mass is 10.1. The van der Waals surface area contributed by atoms with Crippen LogP contribution in [0.2, 0.25) is 0 Å². The standard InChI is InChI=1S/C13H16FNO3/c1-9(17)10-2-3-13(12(14)6-10)15-4-5-18-11(7-15)8-16/h2-3,6,11,16H,4-5,7-8H2,1H3. The number of carbonyl (C=O) groups is 1. The smallest absolute Gasteiger partial charge is 0.159 e. The van der Waals surface area contributed by atoms with Crippen molar-refractivity contribution < 1.29 is 19.0 Å². The maximum atomic E-state index is 13.9. The molecule has 1 aliphatic rings. The van der Waals surface area contributed by atoms with E-state index in [0.29, 0.717) is 30.9 Å². The van der Waals surface area contributed by atoms with Crippen LogP contribution in [-0.4, -0.2) is 43.3 Å². The molecule has 1 fully saturated rings. The van der Waals surface area contributed by atoms with E-state index >= 15 is 0 Å². The Morgan fingerprint density at radius 2 is 2.39 bits per heavy atom. The average Bonchev–Trinajstić information content (AvgIpc) is 2.38. The van der Waals surface area contributed by atoms with Crippen molar-refractivity contribution in [3.05, 3.63) is 29.6 Å². The largest absolute Gasteiger partial charge is 0.394 e. The van der Waals surface area contributed by atoms with Crippen LogP contribution in [0.1, 0.15) is 17.3 Å². The number of nitrogens with zero attached hydrogens (tertiary/aromatic N) is 1. The third kappa shape index (κ3) is 2.68. The van der Waals surface area contributed by atoms with Crippen LogP contribution in [0, 0.1) is 5.82 Å². The molecule has 1 aliphatic heterocycles. The maximum absolute atomic E-state index is 13.9. The van der Waals surface area contributed by atoms with Crippen molar-refractivity contribution in [2.75, 3.05) is 31.2 Å². The van der Waals surface area contributed by atoms with Crippen LogP contribution in [0.25, 0.3) is 0 Å². The highest BCUT2D eigenvalue weighted by Crippen LogP contribution is 2.23. The summed E-state index contributed by atoms with van der Waals surface area (Å²) in [6, 6.07) is 4.47. The van der Waals surface area contributed by atoms with Gasteiger partial charge in [-0.3, -0.25) is 4.79 Å². The monoisotopic (exact) mass is 253 g/mol. The molecule has 1 saturated heterocycles. The van der Waals surface area contributed by atoms with Gasteiger partial charge in [-0.2, -0.15) is 0 Å². The van der Waals surface area contributed by atoms with Crippen LogP contribution in [0.15, 0.2) is 18.2 Å². The molecule has 0 bridgehead atoms.